The number of aryl methyl sites for hydroxylation is 2. The zero-order valence-electron chi connectivity index (χ0n) is 21.7. The van der Waals surface area contributed by atoms with Crippen LogP contribution in [0.15, 0.2) is 72.8 Å². The summed E-state index contributed by atoms with van der Waals surface area (Å²) in [6.07, 6.45) is 4.76. The zero-order chi connectivity index (χ0) is 25.6. The summed E-state index contributed by atoms with van der Waals surface area (Å²) in [7, 11) is 1.66. The summed E-state index contributed by atoms with van der Waals surface area (Å²) in [5.41, 5.74) is 4.38. The van der Waals surface area contributed by atoms with E-state index in [1.165, 1.54) is 18.4 Å². The molecule has 1 aliphatic rings. The van der Waals surface area contributed by atoms with E-state index in [0.29, 0.717) is 19.6 Å². The van der Waals surface area contributed by atoms with Gasteiger partial charge in [-0.25, -0.2) is 4.98 Å². The lowest BCUT2D eigenvalue weighted by atomic mass is 10.1. The Morgan fingerprint density at radius 1 is 0.946 bits per heavy atom. The van der Waals surface area contributed by atoms with Gasteiger partial charge < -0.3 is 18.9 Å². The summed E-state index contributed by atoms with van der Waals surface area (Å²) in [6, 6.07) is 24.4. The Kier molecular flexibility index (Phi) is 7.73. The molecule has 1 atom stereocenters. The van der Waals surface area contributed by atoms with Crippen molar-refractivity contribution in [3.63, 3.8) is 0 Å². The van der Waals surface area contributed by atoms with Crippen LogP contribution in [0.1, 0.15) is 49.9 Å². The number of fused-ring (bicyclic) bond motifs is 1. The molecule has 1 saturated heterocycles. The van der Waals surface area contributed by atoms with Crippen molar-refractivity contribution in [3.8, 4) is 11.5 Å². The normalized spacial score (nSPS) is 15.5. The van der Waals surface area contributed by atoms with Crippen molar-refractivity contribution in [3.05, 3.63) is 84.2 Å². The fraction of sp³-hybridized carbons (Fsp3) is 0.355. The second kappa shape index (κ2) is 11.5. The van der Waals surface area contributed by atoms with Gasteiger partial charge in [0.25, 0.3) is 0 Å². The first-order chi connectivity index (χ1) is 18.2. The Labute approximate surface area is 218 Å². The van der Waals surface area contributed by atoms with Crippen LogP contribution in [0.2, 0.25) is 0 Å². The fourth-order valence-electron chi connectivity index (χ4n) is 5.08. The van der Waals surface area contributed by atoms with E-state index in [9.17, 15) is 4.79 Å². The summed E-state index contributed by atoms with van der Waals surface area (Å²) in [4.78, 5) is 20.0. The molecule has 0 N–H and O–H groups in total. The summed E-state index contributed by atoms with van der Waals surface area (Å²) in [6.45, 7) is 4.23. The molecule has 4 aromatic rings. The van der Waals surface area contributed by atoms with Crippen molar-refractivity contribution in [2.24, 2.45) is 0 Å². The molecule has 1 aliphatic heterocycles. The van der Waals surface area contributed by atoms with Gasteiger partial charge in [0.1, 0.15) is 17.3 Å². The molecular formula is C31H35N3O3. The first-order valence-corrected chi connectivity index (χ1v) is 13.3. The Bertz CT molecular complexity index is 1330. The molecule has 0 bridgehead atoms. The smallest absolute Gasteiger partial charge is 0.227 e. The van der Waals surface area contributed by atoms with Crippen molar-refractivity contribution in [2.75, 3.05) is 25.2 Å². The van der Waals surface area contributed by atoms with Crippen LogP contribution in [0, 0.1) is 0 Å². The number of ether oxygens (including phenoxy) is 2. The highest BCUT2D eigenvalue weighted by Gasteiger charge is 2.34. The Morgan fingerprint density at radius 3 is 2.46 bits per heavy atom. The van der Waals surface area contributed by atoms with Gasteiger partial charge in [-0.1, -0.05) is 37.6 Å². The number of hydrogen-bond acceptors (Lipinski definition) is 4. The number of carbonyl (C=O) groups is 1. The van der Waals surface area contributed by atoms with E-state index in [-0.39, 0.29) is 11.8 Å². The van der Waals surface area contributed by atoms with Crippen LogP contribution in [0.25, 0.3) is 11.0 Å². The summed E-state index contributed by atoms with van der Waals surface area (Å²) in [5.74, 6) is 2.85. The monoisotopic (exact) mass is 497 g/mol. The number of amides is 1. The van der Waals surface area contributed by atoms with Crippen molar-refractivity contribution in [2.45, 2.75) is 51.5 Å². The van der Waals surface area contributed by atoms with E-state index in [1.807, 2.05) is 47.4 Å². The number of aromatic nitrogens is 2. The van der Waals surface area contributed by atoms with Crippen LogP contribution in [-0.4, -0.2) is 35.7 Å². The minimum absolute atomic E-state index is 0.0576. The second-order valence-corrected chi connectivity index (χ2v) is 9.66. The summed E-state index contributed by atoms with van der Waals surface area (Å²) in [5, 5.41) is 0. The number of anilines is 1. The highest BCUT2D eigenvalue weighted by atomic mass is 16.5. The summed E-state index contributed by atoms with van der Waals surface area (Å²) < 4.78 is 13.5. The quantitative estimate of drug-likeness (QED) is 0.226. The van der Waals surface area contributed by atoms with Gasteiger partial charge in [-0.2, -0.15) is 0 Å². The van der Waals surface area contributed by atoms with E-state index in [0.717, 1.165) is 53.4 Å². The van der Waals surface area contributed by atoms with E-state index < -0.39 is 0 Å². The maximum atomic E-state index is 13.1. The van der Waals surface area contributed by atoms with Crippen LogP contribution in [0.5, 0.6) is 11.5 Å². The maximum absolute atomic E-state index is 13.1. The van der Waals surface area contributed by atoms with Crippen molar-refractivity contribution >= 4 is 22.6 Å². The Hall–Kier alpha value is -3.80. The predicted octanol–water partition coefficient (Wildman–Crippen LogP) is 6.38. The lowest BCUT2D eigenvalue weighted by Gasteiger charge is -2.18. The van der Waals surface area contributed by atoms with Crippen LogP contribution in [-0.2, 0) is 17.8 Å². The molecule has 2 heterocycles. The molecular weight excluding hydrogens is 462 g/mol. The van der Waals surface area contributed by atoms with Gasteiger partial charge in [-0.05, 0) is 73.4 Å². The van der Waals surface area contributed by atoms with Crippen molar-refractivity contribution in [1.82, 2.24) is 9.55 Å². The van der Waals surface area contributed by atoms with E-state index >= 15 is 0 Å². The predicted molar refractivity (Wildman–Crippen MR) is 148 cm³/mol. The largest absolute Gasteiger partial charge is 0.497 e. The molecule has 192 valence electrons. The average Bonchev–Trinajstić information content (AvgIpc) is 3.51. The van der Waals surface area contributed by atoms with Gasteiger partial charge in [-0.15, -0.1) is 0 Å². The summed E-state index contributed by atoms with van der Waals surface area (Å²) >= 11 is 0. The molecule has 3 aromatic carbocycles. The molecule has 37 heavy (non-hydrogen) atoms. The Balaban J connectivity index is 1.28. The number of imidazole rings is 1. The number of hydrogen-bond donors (Lipinski definition) is 0. The lowest BCUT2D eigenvalue weighted by molar-refractivity contribution is -0.117. The number of unbranched alkanes of at least 4 members (excludes halogenated alkanes) is 1. The van der Waals surface area contributed by atoms with Gasteiger partial charge in [0.15, 0.2) is 0 Å². The fourth-order valence-corrected chi connectivity index (χ4v) is 5.08. The number of rotatable bonds is 11. The first-order valence-electron chi connectivity index (χ1n) is 13.3. The van der Waals surface area contributed by atoms with Gasteiger partial charge in [0, 0.05) is 31.1 Å². The van der Waals surface area contributed by atoms with Crippen LogP contribution in [0.4, 0.5) is 5.69 Å². The molecule has 0 radical (unpaired) electrons. The molecule has 5 rings (SSSR count). The van der Waals surface area contributed by atoms with Gasteiger partial charge in [0.2, 0.25) is 5.91 Å². The molecule has 1 amide bonds. The third-order valence-electron chi connectivity index (χ3n) is 7.10. The lowest BCUT2D eigenvalue weighted by Crippen LogP contribution is -2.24. The topological polar surface area (TPSA) is 56.6 Å². The standard InChI is InChI=1S/C31H35N3O3/c1-3-4-8-23-11-13-25(14-12-23)34-22-24(21-30(34)35)31-32-28-9-5-6-10-29(28)33(31)19-7-20-37-27-17-15-26(36-2)16-18-27/h5-6,9-18,24H,3-4,7-8,19-22H2,1-2H3. The van der Waals surface area contributed by atoms with Gasteiger partial charge >= 0.3 is 0 Å². The van der Waals surface area contributed by atoms with Gasteiger partial charge in [0.05, 0.1) is 24.8 Å². The molecule has 1 aromatic heterocycles. The average molecular weight is 498 g/mol. The van der Waals surface area contributed by atoms with Crippen LogP contribution < -0.4 is 14.4 Å². The molecule has 0 saturated carbocycles. The molecule has 6 heteroatoms. The number of benzene rings is 3. The highest BCUT2D eigenvalue weighted by molar-refractivity contribution is 5.96. The number of para-hydroxylation sites is 2. The van der Waals surface area contributed by atoms with Crippen molar-refractivity contribution < 1.29 is 14.3 Å². The third-order valence-corrected chi connectivity index (χ3v) is 7.10. The van der Waals surface area contributed by atoms with E-state index in [4.69, 9.17) is 14.5 Å². The molecule has 1 unspecified atom stereocenters. The highest BCUT2D eigenvalue weighted by Crippen LogP contribution is 2.33. The third kappa shape index (κ3) is 5.63. The number of methoxy groups -OCH3 is 1. The first kappa shape index (κ1) is 24.9. The zero-order valence-corrected chi connectivity index (χ0v) is 21.7. The van der Waals surface area contributed by atoms with Crippen molar-refractivity contribution in [1.29, 1.82) is 0 Å². The minimum Gasteiger partial charge on any atom is -0.497 e. The SMILES string of the molecule is CCCCc1ccc(N2CC(c3nc4ccccc4n3CCCOc3ccc(OC)cc3)CC2=O)cc1. The minimum atomic E-state index is 0.0576. The van der Waals surface area contributed by atoms with Crippen LogP contribution >= 0.6 is 0 Å². The maximum Gasteiger partial charge on any atom is 0.227 e. The Morgan fingerprint density at radius 2 is 1.70 bits per heavy atom. The molecule has 0 spiro atoms. The number of carbonyl (C=O) groups excluding carboxylic acids is 1. The molecule has 0 aliphatic carbocycles. The van der Waals surface area contributed by atoms with Gasteiger partial charge in [-0.3, -0.25) is 4.79 Å². The van der Waals surface area contributed by atoms with E-state index in [1.54, 1.807) is 7.11 Å². The molecule has 1 fully saturated rings. The second-order valence-electron chi connectivity index (χ2n) is 9.66. The van der Waals surface area contributed by atoms with Crippen LogP contribution in [0.3, 0.4) is 0 Å². The van der Waals surface area contributed by atoms with E-state index in [2.05, 4.69) is 41.8 Å². The number of nitrogens with zero attached hydrogens (tertiary/aromatic N) is 3. The molecule has 6 nitrogen and oxygen atoms in total.